The molecule has 8 heteroatoms. The molecule has 0 fully saturated rings. The lowest BCUT2D eigenvalue weighted by molar-refractivity contribution is -0.117. The highest BCUT2D eigenvalue weighted by atomic mass is 35.5. The summed E-state index contributed by atoms with van der Waals surface area (Å²) in [5.41, 5.74) is 1.42. The van der Waals surface area contributed by atoms with Crippen molar-refractivity contribution in [2.45, 2.75) is 39.8 Å². The van der Waals surface area contributed by atoms with Gasteiger partial charge < -0.3 is 5.32 Å². The van der Waals surface area contributed by atoms with E-state index in [-0.39, 0.29) is 11.9 Å². The lowest BCUT2D eigenvalue weighted by atomic mass is 10.2. The van der Waals surface area contributed by atoms with Gasteiger partial charge in [-0.15, -0.1) is 11.3 Å². The molecule has 2 atom stereocenters. The number of hydrogen-bond acceptors (Lipinski definition) is 4. The summed E-state index contributed by atoms with van der Waals surface area (Å²) in [5.74, 6) is -0.207. The Balaban J connectivity index is 2.05. The second-order valence-corrected chi connectivity index (χ2v) is 7.98. The summed E-state index contributed by atoms with van der Waals surface area (Å²) in [7, 11) is 0. The van der Waals surface area contributed by atoms with Gasteiger partial charge in [0.05, 0.1) is 37.5 Å². The van der Waals surface area contributed by atoms with Crippen LogP contribution in [0, 0.1) is 13.8 Å². The highest BCUT2D eigenvalue weighted by Gasteiger charge is 2.20. The third kappa shape index (κ3) is 4.61. The van der Waals surface area contributed by atoms with Crippen LogP contribution in [0.15, 0.2) is 12.1 Å². The molecule has 2 aromatic rings. The Labute approximate surface area is 160 Å². The van der Waals surface area contributed by atoms with Crippen LogP contribution in [-0.4, -0.2) is 16.9 Å². The molecule has 4 nitrogen and oxygen atoms in total. The van der Waals surface area contributed by atoms with E-state index in [2.05, 4.69) is 15.6 Å². The normalized spacial score (nSPS) is 13.6. The topological polar surface area (TPSA) is 54.0 Å². The molecule has 0 aliphatic carbocycles. The van der Waals surface area contributed by atoms with E-state index in [0.717, 1.165) is 15.6 Å². The predicted molar refractivity (Wildman–Crippen MR) is 103 cm³/mol. The highest BCUT2D eigenvalue weighted by molar-refractivity contribution is 7.11. The zero-order valence-corrected chi connectivity index (χ0v) is 16.8. The first-order valence-corrected chi connectivity index (χ1v) is 9.29. The number of amides is 1. The van der Waals surface area contributed by atoms with Gasteiger partial charge in [-0.1, -0.05) is 34.8 Å². The fourth-order valence-corrected chi connectivity index (χ4v) is 3.87. The highest BCUT2D eigenvalue weighted by Crippen LogP contribution is 2.32. The van der Waals surface area contributed by atoms with Crippen LogP contribution in [-0.2, 0) is 4.79 Å². The van der Waals surface area contributed by atoms with E-state index in [1.54, 1.807) is 18.3 Å². The van der Waals surface area contributed by atoms with Gasteiger partial charge in [0, 0.05) is 10.9 Å². The molecular formula is C16H18Cl3N3OS. The molecule has 0 unspecified atom stereocenters. The molecule has 0 aliphatic heterocycles. The summed E-state index contributed by atoms with van der Waals surface area (Å²) < 4.78 is 0. The first kappa shape index (κ1) is 19.5. The van der Waals surface area contributed by atoms with Gasteiger partial charge in [0.2, 0.25) is 5.91 Å². The van der Waals surface area contributed by atoms with Gasteiger partial charge in [0.15, 0.2) is 0 Å². The van der Waals surface area contributed by atoms with E-state index in [1.807, 2.05) is 20.8 Å². The molecule has 0 radical (unpaired) electrons. The lowest BCUT2D eigenvalue weighted by Gasteiger charge is -2.19. The Bertz CT molecular complexity index is 763. The fraction of sp³-hybridized carbons (Fsp3) is 0.375. The Morgan fingerprint density at radius 3 is 2.33 bits per heavy atom. The van der Waals surface area contributed by atoms with Crippen LogP contribution in [0.5, 0.6) is 0 Å². The Kier molecular flexibility index (Phi) is 6.51. The van der Waals surface area contributed by atoms with Gasteiger partial charge >= 0.3 is 0 Å². The van der Waals surface area contributed by atoms with Crippen LogP contribution >= 0.6 is 46.1 Å². The van der Waals surface area contributed by atoms with Crippen LogP contribution in [0.25, 0.3) is 0 Å². The van der Waals surface area contributed by atoms with E-state index in [0.29, 0.717) is 20.8 Å². The molecule has 0 bridgehead atoms. The molecule has 0 aliphatic rings. The van der Waals surface area contributed by atoms with Crippen molar-refractivity contribution in [2.75, 3.05) is 5.32 Å². The van der Waals surface area contributed by atoms with Crippen molar-refractivity contribution in [3.8, 4) is 0 Å². The van der Waals surface area contributed by atoms with Crippen molar-refractivity contribution >= 4 is 57.7 Å². The predicted octanol–water partition coefficient (Wildman–Crippen LogP) is 5.40. The molecule has 0 saturated heterocycles. The largest absolute Gasteiger partial charge is 0.323 e. The number of benzene rings is 1. The summed E-state index contributed by atoms with van der Waals surface area (Å²) >= 11 is 19.6. The van der Waals surface area contributed by atoms with Crippen molar-refractivity contribution in [1.29, 1.82) is 0 Å². The van der Waals surface area contributed by atoms with E-state index < -0.39 is 6.04 Å². The maximum Gasteiger partial charge on any atom is 0.241 e. The number of rotatable bonds is 5. The van der Waals surface area contributed by atoms with E-state index in [1.165, 1.54) is 12.1 Å². The summed E-state index contributed by atoms with van der Waals surface area (Å²) in [6.07, 6.45) is 0. The molecule has 1 heterocycles. The molecule has 2 N–H and O–H groups in total. The molecule has 0 spiro atoms. The molecule has 0 saturated carbocycles. The van der Waals surface area contributed by atoms with Crippen molar-refractivity contribution in [3.05, 3.63) is 42.8 Å². The molecule has 1 aromatic carbocycles. The standard InChI is InChI=1S/C16H18Cl3N3OS/c1-7(15-8(2)21-10(4)24-15)20-9(3)16(23)22-14-6-12(18)11(17)5-13(14)19/h5-7,9,20H,1-4H3,(H,22,23)/t7-,9+/m1/s1. The number of anilines is 1. The number of nitrogens with zero attached hydrogens (tertiary/aromatic N) is 1. The smallest absolute Gasteiger partial charge is 0.241 e. The van der Waals surface area contributed by atoms with Crippen LogP contribution in [0.2, 0.25) is 15.1 Å². The number of carbonyl (C=O) groups excluding carboxylic acids is 1. The third-order valence-electron chi connectivity index (χ3n) is 3.49. The maximum atomic E-state index is 12.4. The minimum atomic E-state index is -0.424. The Morgan fingerprint density at radius 2 is 1.75 bits per heavy atom. The van der Waals surface area contributed by atoms with Crippen molar-refractivity contribution < 1.29 is 4.79 Å². The second kappa shape index (κ2) is 8.02. The number of carbonyl (C=O) groups is 1. The minimum absolute atomic E-state index is 0.0150. The van der Waals surface area contributed by atoms with Crippen LogP contribution in [0.1, 0.15) is 35.5 Å². The quantitative estimate of drug-likeness (QED) is 0.654. The Hall–Kier alpha value is -0.850. The average molecular weight is 407 g/mol. The molecule has 24 heavy (non-hydrogen) atoms. The van der Waals surface area contributed by atoms with Crippen molar-refractivity contribution in [2.24, 2.45) is 0 Å². The van der Waals surface area contributed by atoms with Gasteiger partial charge in [-0.05, 0) is 39.8 Å². The van der Waals surface area contributed by atoms with Gasteiger partial charge in [0.1, 0.15) is 0 Å². The van der Waals surface area contributed by atoms with Crippen LogP contribution in [0.3, 0.4) is 0 Å². The minimum Gasteiger partial charge on any atom is -0.323 e. The summed E-state index contributed by atoms with van der Waals surface area (Å²) in [6, 6.07) is 2.64. The third-order valence-corrected chi connectivity index (χ3v) is 5.78. The maximum absolute atomic E-state index is 12.4. The fourth-order valence-electron chi connectivity index (χ4n) is 2.33. The Morgan fingerprint density at radius 1 is 1.12 bits per heavy atom. The SMILES string of the molecule is Cc1nc(C)c([C@@H](C)N[C@@H](C)C(=O)Nc2cc(Cl)c(Cl)cc2Cl)s1. The number of halogens is 3. The van der Waals surface area contributed by atoms with Gasteiger partial charge in [-0.25, -0.2) is 4.98 Å². The summed E-state index contributed by atoms with van der Waals surface area (Å²) in [6.45, 7) is 7.74. The van der Waals surface area contributed by atoms with Crippen molar-refractivity contribution in [3.63, 3.8) is 0 Å². The number of thiazole rings is 1. The monoisotopic (exact) mass is 405 g/mol. The number of nitrogens with one attached hydrogen (secondary N) is 2. The molecule has 1 amide bonds. The molecule has 130 valence electrons. The zero-order chi connectivity index (χ0) is 18.0. The summed E-state index contributed by atoms with van der Waals surface area (Å²) in [5, 5.41) is 8.07. The van der Waals surface area contributed by atoms with Gasteiger partial charge in [-0.3, -0.25) is 10.1 Å². The van der Waals surface area contributed by atoms with E-state index in [9.17, 15) is 4.79 Å². The lowest BCUT2D eigenvalue weighted by Crippen LogP contribution is -2.39. The number of aryl methyl sites for hydroxylation is 2. The molecule has 2 rings (SSSR count). The zero-order valence-electron chi connectivity index (χ0n) is 13.7. The molecule has 1 aromatic heterocycles. The molecular weight excluding hydrogens is 389 g/mol. The first-order chi connectivity index (χ1) is 11.2. The van der Waals surface area contributed by atoms with E-state index in [4.69, 9.17) is 34.8 Å². The summed E-state index contributed by atoms with van der Waals surface area (Å²) in [4.78, 5) is 17.9. The van der Waals surface area contributed by atoms with Gasteiger partial charge in [0.25, 0.3) is 0 Å². The second-order valence-electron chi connectivity index (χ2n) is 5.53. The van der Waals surface area contributed by atoms with Gasteiger partial charge in [-0.2, -0.15) is 0 Å². The average Bonchev–Trinajstić information content (AvgIpc) is 2.83. The van der Waals surface area contributed by atoms with Crippen LogP contribution < -0.4 is 10.6 Å². The number of aromatic nitrogens is 1. The van der Waals surface area contributed by atoms with Crippen LogP contribution in [0.4, 0.5) is 5.69 Å². The van der Waals surface area contributed by atoms with E-state index >= 15 is 0 Å². The first-order valence-electron chi connectivity index (χ1n) is 7.34. The van der Waals surface area contributed by atoms with Crippen molar-refractivity contribution in [1.82, 2.24) is 10.3 Å². The number of hydrogen-bond donors (Lipinski definition) is 2.